The minimum absolute atomic E-state index is 0.115. The zero-order valence-corrected chi connectivity index (χ0v) is 22.6. The van der Waals surface area contributed by atoms with Gasteiger partial charge in [0.05, 0.1) is 5.78 Å². The molecule has 1 saturated heterocycles. The van der Waals surface area contributed by atoms with E-state index in [-0.39, 0.29) is 11.7 Å². The van der Waals surface area contributed by atoms with Crippen molar-refractivity contribution in [3.05, 3.63) is 108 Å². The van der Waals surface area contributed by atoms with Gasteiger partial charge in [0.15, 0.2) is 0 Å². The summed E-state index contributed by atoms with van der Waals surface area (Å²) in [5.41, 5.74) is 3.72. The minimum Gasteiger partial charge on any atom is -0.301 e. The molecule has 2 aliphatic rings. The van der Waals surface area contributed by atoms with Crippen LogP contribution in [0, 0.1) is 5.92 Å². The van der Waals surface area contributed by atoms with E-state index >= 15 is 4.57 Å². The maximum Gasteiger partial charge on any atom is 0.234 e. The molecule has 1 aliphatic heterocycles. The van der Waals surface area contributed by atoms with Crippen LogP contribution in [0.4, 0.5) is 0 Å². The van der Waals surface area contributed by atoms with Crippen LogP contribution in [0.15, 0.2) is 91.0 Å². The zero-order chi connectivity index (χ0) is 25.0. The molecule has 5 heteroatoms. The Balaban J connectivity index is 1.56. The van der Waals surface area contributed by atoms with Gasteiger partial charge in [-0.1, -0.05) is 118 Å². The molecule has 0 bridgehead atoms. The van der Waals surface area contributed by atoms with Crippen molar-refractivity contribution >= 4 is 7.44 Å². The Bertz CT molecular complexity index is 1080. The Morgan fingerprint density at radius 2 is 1.14 bits per heavy atom. The Hall–Kier alpha value is -2.23. The molecule has 1 aliphatic carbocycles. The second-order valence-electron chi connectivity index (χ2n) is 10.7. The Morgan fingerprint density at radius 1 is 0.722 bits per heavy atom. The van der Waals surface area contributed by atoms with Crippen LogP contribution in [0.1, 0.15) is 56.2 Å². The molecule has 3 aromatic rings. The molecule has 1 saturated carbocycles. The first-order valence-corrected chi connectivity index (χ1v) is 15.2. The van der Waals surface area contributed by atoms with Crippen molar-refractivity contribution < 1.29 is 4.57 Å². The predicted molar refractivity (Wildman–Crippen MR) is 150 cm³/mol. The molecule has 0 radical (unpaired) electrons. The lowest BCUT2D eigenvalue weighted by molar-refractivity contribution is 0.197. The number of fused-ring (bicyclic) bond motifs is 1. The largest absolute Gasteiger partial charge is 0.301 e. The van der Waals surface area contributed by atoms with Crippen molar-refractivity contribution in [2.45, 2.75) is 77.0 Å². The van der Waals surface area contributed by atoms with E-state index in [0.717, 1.165) is 32.5 Å². The molecule has 5 rings (SSSR count). The second-order valence-corrected chi connectivity index (χ2v) is 13.5. The van der Waals surface area contributed by atoms with E-state index in [0.29, 0.717) is 12.1 Å². The summed E-state index contributed by atoms with van der Waals surface area (Å²) in [4.78, 5) is 0. The molecule has 3 aromatic carbocycles. The van der Waals surface area contributed by atoms with Crippen LogP contribution in [-0.4, -0.2) is 27.2 Å². The van der Waals surface area contributed by atoms with Crippen LogP contribution in [0.2, 0.25) is 0 Å². The normalized spacial score (nSPS) is 23.0. The lowest BCUT2D eigenvalue weighted by Gasteiger charge is -2.40. The third-order valence-electron chi connectivity index (χ3n) is 7.92. The first-order chi connectivity index (χ1) is 17.6. The summed E-state index contributed by atoms with van der Waals surface area (Å²) in [6.07, 6.45) is 4.68. The van der Waals surface area contributed by atoms with Gasteiger partial charge in [-0.25, -0.2) is 9.34 Å². The molecular formula is C31H40N3OP. The average Bonchev–Trinajstić information content (AvgIpc) is 3.14. The SMILES string of the molecule is CC(C)C(NCc1ccccc1)P1(=O)N(Cc2ccccc2)[C@@H]2CCCC[C@H]2N1Cc1ccccc1. The van der Waals surface area contributed by atoms with Gasteiger partial charge in [-0.15, -0.1) is 0 Å². The van der Waals surface area contributed by atoms with Gasteiger partial charge in [-0.05, 0) is 35.4 Å². The van der Waals surface area contributed by atoms with E-state index in [2.05, 4.69) is 120 Å². The highest BCUT2D eigenvalue weighted by Gasteiger charge is 2.58. The second kappa shape index (κ2) is 11.4. The van der Waals surface area contributed by atoms with Gasteiger partial charge in [0, 0.05) is 31.7 Å². The smallest absolute Gasteiger partial charge is 0.234 e. The van der Waals surface area contributed by atoms with Crippen LogP contribution in [0.5, 0.6) is 0 Å². The summed E-state index contributed by atoms with van der Waals surface area (Å²) in [6, 6.07) is 32.4. The van der Waals surface area contributed by atoms with Crippen molar-refractivity contribution in [3.8, 4) is 0 Å². The topological polar surface area (TPSA) is 35.6 Å². The molecule has 1 heterocycles. The fraction of sp³-hybridized carbons (Fsp3) is 0.419. The molecule has 0 spiro atoms. The van der Waals surface area contributed by atoms with Crippen LogP contribution < -0.4 is 5.32 Å². The standard InChI is InChI=1S/C31H40N3OP/c1-25(2)31(32-22-26-14-6-3-7-15-26)36(35)33(23-27-16-8-4-9-17-27)29-20-12-13-21-30(29)34(36)24-28-18-10-5-11-19-28/h3-11,14-19,25,29-32H,12-13,20-24H2,1-2H3/t29-,30-,31?/m1/s1. The third-order valence-corrected chi connectivity index (χ3v) is 11.8. The van der Waals surface area contributed by atoms with Gasteiger partial charge < -0.3 is 5.32 Å². The Labute approximate surface area is 217 Å². The highest BCUT2D eigenvalue weighted by Crippen LogP contribution is 2.68. The number of rotatable bonds is 9. The highest BCUT2D eigenvalue weighted by molar-refractivity contribution is 7.60. The quantitative estimate of drug-likeness (QED) is 0.313. The van der Waals surface area contributed by atoms with Crippen molar-refractivity contribution in [1.29, 1.82) is 0 Å². The van der Waals surface area contributed by atoms with Crippen molar-refractivity contribution in [2.75, 3.05) is 0 Å². The Kier molecular flexibility index (Phi) is 8.08. The minimum atomic E-state index is -2.97. The van der Waals surface area contributed by atoms with Gasteiger partial charge >= 0.3 is 0 Å². The van der Waals surface area contributed by atoms with Crippen LogP contribution in [0.25, 0.3) is 0 Å². The van der Waals surface area contributed by atoms with E-state index in [4.69, 9.17) is 0 Å². The Morgan fingerprint density at radius 3 is 1.56 bits per heavy atom. The van der Waals surface area contributed by atoms with E-state index in [1.54, 1.807) is 0 Å². The van der Waals surface area contributed by atoms with Crippen LogP contribution in [0.3, 0.4) is 0 Å². The first-order valence-electron chi connectivity index (χ1n) is 13.6. The summed E-state index contributed by atoms with van der Waals surface area (Å²) in [5.74, 6) is 0.118. The van der Waals surface area contributed by atoms with E-state index < -0.39 is 7.44 Å². The maximum atomic E-state index is 15.8. The highest BCUT2D eigenvalue weighted by atomic mass is 31.2. The fourth-order valence-corrected chi connectivity index (χ4v) is 10.4. The molecule has 3 atom stereocenters. The molecular weight excluding hydrogens is 461 g/mol. The van der Waals surface area contributed by atoms with Crippen molar-refractivity contribution in [1.82, 2.24) is 14.7 Å². The maximum absolute atomic E-state index is 15.8. The first kappa shape index (κ1) is 25.4. The molecule has 190 valence electrons. The average molecular weight is 502 g/mol. The monoisotopic (exact) mass is 501 g/mol. The number of nitrogens with zero attached hydrogens (tertiary/aromatic N) is 2. The zero-order valence-electron chi connectivity index (χ0n) is 21.7. The molecule has 0 amide bonds. The third kappa shape index (κ3) is 5.24. The fourth-order valence-electron chi connectivity index (χ4n) is 6.22. The van der Waals surface area contributed by atoms with E-state index in [1.165, 1.54) is 29.5 Å². The summed E-state index contributed by atoms with van der Waals surface area (Å²) in [7, 11) is -2.97. The van der Waals surface area contributed by atoms with Gasteiger partial charge in [-0.2, -0.15) is 0 Å². The molecule has 4 nitrogen and oxygen atoms in total. The molecule has 36 heavy (non-hydrogen) atoms. The summed E-state index contributed by atoms with van der Waals surface area (Å²) in [5, 5.41) is 3.81. The van der Waals surface area contributed by atoms with E-state index in [9.17, 15) is 0 Å². The summed E-state index contributed by atoms with van der Waals surface area (Å²) >= 11 is 0. The number of hydrogen-bond acceptors (Lipinski definition) is 2. The van der Waals surface area contributed by atoms with Crippen LogP contribution >= 0.6 is 7.44 Å². The van der Waals surface area contributed by atoms with Gasteiger partial charge in [0.2, 0.25) is 7.44 Å². The van der Waals surface area contributed by atoms with Gasteiger partial charge in [0.1, 0.15) is 0 Å². The van der Waals surface area contributed by atoms with Crippen molar-refractivity contribution in [2.24, 2.45) is 5.92 Å². The number of hydrogen-bond donors (Lipinski definition) is 1. The number of benzene rings is 3. The van der Waals surface area contributed by atoms with Crippen molar-refractivity contribution in [3.63, 3.8) is 0 Å². The lowest BCUT2D eigenvalue weighted by Crippen LogP contribution is -2.41. The molecule has 1 N–H and O–H groups in total. The molecule has 0 aromatic heterocycles. The van der Waals surface area contributed by atoms with Gasteiger partial charge in [-0.3, -0.25) is 4.57 Å². The molecule has 2 fully saturated rings. The van der Waals surface area contributed by atoms with Crippen LogP contribution in [-0.2, 0) is 24.2 Å². The lowest BCUT2D eigenvalue weighted by atomic mass is 9.90. The van der Waals surface area contributed by atoms with Gasteiger partial charge in [0.25, 0.3) is 0 Å². The summed E-state index contributed by atoms with van der Waals surface area (Å²) in [6.45, 7) is 6.65. The number of nitrogens with one attached hydrogen (secondary N) is 1. The summed E-state index contributed by atoms with van der Waals surface area (Å²) < 4.78 is 20.7. The predicted octanol–water partition coefficient (Wildman–Crippen LogP) is 7.28. The molecule has 1 unspecified atom stereocenters. The van der Waals surface area contributed by atoms with E-state index in [1.807, 2.05) is 0 Å².